The highest BCUT2D eigenvalue weighted by molar-refractivity contribution is 5.64. The number of nitrogens with zero attached hydrogens (tertiary/aromatic N) is 4. The Morgan fingerprint density at radius 2 is 1.40 bits per heavy atom. The molecule has 9 heteroatoms. The number of ether oxygens (including phenoxy) is 4. The largest absolute Gasteiger partial charge is 0.374 e. The number of aromatic nitrogens is 4. The third-order valence-corrected chi connectivity index (χ3v) is 8.85. The molecule has 47 heavy (non-hydrogen) atoms. The van der Waals surface area contributed by atoms with Crippen molar-refractivity contribution < 1.29 is 18.9 Å². The molecule has 5 aromatic rings. The van der Waals surface area contributed by atoms with Crippen LogP contribution < -0.4 is 5.32 Å². The summed E-state index contributed by atoms with van der Waals surface area (Å²) >= 11 is 0. The Morgan fingerprint density at radius 1 is 0.809 bits per heavy atom. The number of hydrogen-bond acceptors (Lipinski definition) is 8. The fraction of sp³-hybridized carbons (Fsp3) is 0.342. The topological polar surface area (TPSA) is 92.0 Å². The Bertz CT molecular complexity index is 1730. The van der Waals surface area contributed by atoms with E-state index >= 15 is 0 Å². The van der Waals surface area contributed by atoms with Gasteiger partial charge in [-0.05, 0) is 35.6 Å². The Morgan fingerprint density at radius 3 is 2.02 bits per heavy atom. The summed E-state index contributed by atoms with van der Waals surface area (Å²) in [4.78, 5) is 9.55. The molecule has 2 aromatic heterocycles. The van der Waals surface area contributed by atoms with E-state index in [4.69, 9.17) is 34.0 Å². The van der Waals surface area contributed by atoms with Crippen LogP contribution in [0, 0.1) is 0 Å². The first-order valence-electron chi connectivity index (χ1n) is 16.5. The number of nitrogens with one attached hydrogen (secondary N) is 1. The zero-order valence-electron chi connectivity index (χ0n) is 26.5. The Labute approximate surface area is 275 Å². The van der Waals surface area contributed by atoms with E-state index in [-0.39, 0.29) is 0 Å². The lowest BCUT2D eigenvalue weighted by Gasteiger charge is -2.25. The molecule has 0 spiro atoms. The van der Waals surface area contributed by atoms with Gasteiger partial charge < -0.3 is 24.3 Å². The summed E-state index contributed by atoms with van der Waals surface area (Å²) in [5, 5.41) is 8.43. The average molecular weight is 632 g/mol. The van der Waals surface area contributed by atoms with Gasteiger partial charge in [0.25, 0.3) is 0 Å². The molecule has 3 aromatic carbocycles. The minimum Gasteiger partial charge on any atom is -0.374 e. The van der Waals surface area contributed by atoms with E-state index in [9.17, 15) is 0 Å². The summed E-state index contributed by atoms with van der Waals surface area (Å²) in [6.07, 6.45) is 6.28. The van der Waals surface area contributed by atoms with Crippen molar-refractivity contribution in [2.75, 3.05) is 11.9 Å². The van der Waals surface area contributed by atoms with Crippen molar-refractivity contribution in [2.45, 2.75) is 76.0 Å². The molecule has 4 atom stereocenters. The molecule has 1 N–H and O–H groups in total. The standard InChI is InChI=1S/C38H41N5O4/c1-2-33-41-37(40-30-20-12-13-21-30)38-39-22-31(43(38)42-33)34-36(46-25-29-18-10-5-11-19-29)35(45-24-28-16-8-4-9-17-28)32(47-34)26-44-23-27-14-6-3-7-15-27/h2-11,14-19,22,30,32,34-36H,1,12-13,20-21,23-26H2,(H,40,41,42)/t32-,34+,35-,36+/m1/s1. The smallest absolute Gasteiger partial charge is 0.197 e. The lowest BCUT2D eigenvalue weighted by molar-refractivity contribution is -0.0898. The van der Waals surface area contributed by atoms with Crippen molar-refractivity contribution in [3.05, 3.63) is 132 Å². The number of imidazole rings is 1. The highest BCUT2D eigenvalue weighted by Gasteiger charge is 2.48. The van der Waals surface area contributed by atoms with Crippen LogP contribution in [-0.2, 0) is 38.8 Å². The number of anilines is 1. The van der Waals surface area contributed by atoms with Gasteiger partial charge in [0.2, 0.25) is 0 Å². The van der Waals surface area contributed by atoms with Crippen molar-refractivity contribution in [1.29, 1.82) is 0 Å². The normalized spacial score (nSPS) is 21.4. The fourth-order valence-corrected chi connectivity index (χ4v) is 6.44. The van der Waals surface area contributed by atoms with Gasteiger partial charge in [0, 0.05) is 6.04 Å². The van der Waals surface area contributed by atoms with E-state index in [1.807, 2.05) is 65.3 Å². The second-order valence-electron chi connectivity index (χ2n) is 12.2. The first-order valence-corrected chi connectivity index (χ1v) is 16.5. The van der Waals surface area contributed by atoms with Gasteiger partial charge in [-0.2, -0.15) is 0 Å². The summed E-state index contributed by atoms with van der Waals surface area (Å²) in [7, 11) is 0. The van der Waals surface area contributed by atoms with Gasteiger partial charge in [0.1, 0.15) is 24.4 Å². The number of rotatable bonds is 14. The molecule has 0 radical (unpaired) electrons. The number of fused-ring (bicyclic) bond motifs is 1. The van der Waals surface area contributed by atoms with Crippen LogP contribution in [0.1, 0.15) is 60.0 Å². The van der Waals surface area contributed by atoms with Gasteiger partial charge in [0.05, 0.1) is 38.3 Å². The van der Waals surface area contributed by atoms with Gasteiger partial charge in [0.15, 0.2) is 17.3 Å². The molecule has 1 aliphatic carbocycles. The van der Waals surface area contributed by atoms with E-state index in [2.05, 4.69) is 48.3 Å². The number of hydrogen-bond donors (Lipinski definition) is 1. The van der Waals surface area contributed by atoms with Crippen molar-refractivity contribution in [3.63, 3.8) is 0 Å². The van der Waals surface area contributed by atoms with Gasteiger partial charge in [-0.1, -0.05) is 110 Å². The van der Waals surface area contributed by atoms with Gasteiger partial charge in [-0.25, -0.2) is 14.5 Å². The minimum atomic E-state index is -0.535. The van der Waals surface area contributed by atoms with Crippen LogP contribution in [-0.4, -0.2) is 50.5 Å². The Balaban J connectivity index is 1.22. The molecule has 9 nitrogen and oxygen atoms in total. The van der Waals surface area contributed by atoms with Crippen LogP contribution in [0.25, 0.3) is 11.7 Å². The maximum absolute atomic E-state index is 6.86. The molecule has 1 saturated heterocycles. The quantitative estimate of drug-likeness (QED) is 0.141. The Kier molecular flexibility index (Phi) is 9.96. The molecule has 0 bridgehead atoms. The highest BCUT2D eigenvalue weighted by Crippen LogP contribution is 2.39. The third-order valence-electron chi connectivity index (χ3n) is 8.85. The van der Waals surface area contributed by atoms with E-state index in [0.717, 1.165) is 35.2 Å². The minimum absolute atomic E-state index is 0.328. The monoisotopic (exact) mass is 631 g/mol. The molecule has 1 aliphatic heterocycles. The molecule has 7 rings (SSSR count). The zero-order valence-corrected chi connectivity index (χ0v) is 26.5. The summed E-state index contributed by atoms with van der Waals surface area (Å²) in [5.41, 5.74) is 4.64. The SMILES string of the molecule is C=Cc1nc(NC2CCCC2)c2ncc([C@@H]3O[C@H](COCc4ccccc4)[C@@H](OCc4ccccc4)[C@H]3OCc3ccccc3)n2n1. The zero-order chi connectivity index (χ0) is 31.8. The second-order valence-corrected chi connectivity index (χ2v) is 12.2. The number of benzene rings is 3. The van der Waals surface area contributed by atoms with Crippen LogP contribution in [0.15, 0.2) is 104 Å². The predicted octanol–water partition coefficient (Wildman–Crippen LogP) is 6.95. The molecule has 2 fully saturated rings. The molecular formula is C38H41N5O4. The van der Waals surface area contributed by atoms with E-state index < -0.39 is 24.4 Å². The van der Waals surface area contributed by atoms with Crippen molar-refractivity contribution >= 4 is 17.5 Å². The summed E-state index contributed by atoms with van der Waals surface area (Å²) in [5.74, 6) is 1.21. The molecule has 0 amide bonds. The first-order chi connectivity index (χ1) is 23.2. The summed E-state index contributed by atoms with van der Waals surface area (Å²) < 4.78 is 28.4. The molecule has 2 aliphatic rings. The molecule has 3 heterocycles. The van der Waals surface area contributed by atoms with Crippen LogP contribution in [0.4, 0.5) is 5.82 Å². The van der Waals surface area contributed by atoms with Crippen molar-refractivity contribution in [1.82, 2.24) is 19.6 Å². The molecule has 1 saturated carbocycles. The van der Waals surface area contributed by atoms with Crippen LogP contribution in [0.3, 0.4) is 0 Å². The maximum atomic E-state index is 6.86. The van der Waals surface area contributed by atoms with Crippen LogP contribution in [0.5, 0.6) is 0 Å². The lowest BCUT2D eigenvalue weighted by atomic mass is 10.0. The maximum Gasteiger partial charge on any atom is 0.197 e. The van der Waals surface area contributed by atoms with E-state index in [1.54, 1.807) is 6.08 Å². The first kappa shape index (κ1) is 31.2. The third kappa shape index (κ3) is 7.44. The Hall–Kier alpha value is -4.41. The van der Waals surface area contributed by atoms with Gasteiger partial charge in [-0.3, -0.25) is 0 Å². The molecular weight excluding hydrogens is 590 g/mol. The van der Waals surface area contributed by atoms with Crippen molar-refractivity contribution in [3.8, 4) is 0 Å². The van der Waals surface area contributed by atoms with Crippen molar-refractivity contribution in [2.24, 2.45) is 0 Å². The molecule has 242 valence electrons. The summed E-state index contributed by atoms with van der Waals surface area (Å²) in [6.45, 7) is 5.56. The predicted molar refractivity (Wildman–Crippen MR) is 181 cm³/mol. The van der Waals surface area contributed by atoms with E-state index in [1.165, 1.54) is 12.8 Å². The van der Waals surface area contributed by atoms with Crippen LogP contribution in [0.2, 0.25) is 0 Å². The molecule has 0 unspecified atom stereocenters. The fourth-order valence-electron chi connectivity index (χ4n) is 6.44. The summed E-state index contributed by atoms with van der Waals surface area (Å²) in [6, 6.07) is 30.8. The van der Waals surface area contributed by atoms with Gasteiger partial charge in [-0.15, -0.1) is 5.10 Å². The second kappa shape index (κ2) is 15.0. The average Bonchev–Trinajstić information content (AvgIpc) is 3.87. The highest BCUT2D eigenvalue weighted by atomic mass is 16.6. The van der Waals surface area contributed by atoms with E-state index in [0.29, 0.717) is 49.8 Å². The van der Waals surface area contributed by atoms with Crippen LogP contribution >= 0.6 is 0 Å². The lowest BCUT2D eigenvalue weighted by Crippen LogP contribution is -2.38. The van der Waals surface area contributed by atoms with Gasteiger partial charge >= 0.3 is 0 Å².